The molecule has 0 spiro atoms. The Hall–Kier alpha value is -0.390. The van der Waals surface area contributed by atoms with Crippen molar-refractivity contribution in [2.24, 2.45) is 0 Å². The fourth-order valence-corrected chi connectivity index (χ4v) is 2.76. The van der Waals surface area contributed by atoms with Crippen molar-refractivity contribution in [3.8, 4) is 0 Å². The largest absolute Gasteiger partial charge is 0.370 e. The number of carbonyl (C=O) groups is 1. The van der Waals surface area contributed by atoms with Gasteiger partial charge in [-0.2, -0.15) is 0 Å². The summed E-state index contributed by atoms with van der Waals surface area (Å²) >= 11 is 6.80. The lowest BCUT2D eigenvalue weighted by Crippen LogP contribution is -2.41. The average Bonchev–Trinajstić information content (AvgIpc) is 2.16. The molecule has 1 aromatic carbocycles. The van der Waals surface area contributed by atoms with Gasteiger partial charge in [-0.15, -0.1) is 0 Å². The zero-order valence-electron chi connectivity index (χ0n) is 7.87. The molecular formula is C10H9Br2NO2. The summed E-state index contributed by atoms with van der Waals surface area (Å²) in [6.45, 7) is 1.38. The van der Waals surface area contributed by atoms with Gasteiger partial charge in [0.25, 0.3) is 5.91 Å². The molecule has 0 bridgehead atoms. The quantitative estimate of drug-likeness (QED) is 0.790. The summed E-state index contributed by atoms with van der Waals surface area (Å²) in [6.07, 6.45) is 0. The summed E-state index contributed by atoms with van der Waals surface area (Å²) in [4.78, 5) is 13.3. The van der Waals surface area contributed by atoms with Crippen LogP contribution in [0.1, 0.15) is 0 Å². The Balaban J connectivity index is 2.31. The number of nitrogens with zero attached hydrogens (tertiary/aromatic N) is 1. The smallest absolute Gasteiger partial charge is 0.253 e. The maximum atomic E-state index is 11.6. The van der Waals surface area contributed by atoms with E-state index in [1.807, 2.05) is 18.2 Å². The molecule has 1 saturated heterocycles. The van der Waals surface area contributed by atoms with Crippen molar-refractivity contribution < 1.29 is 9.53 Å². The number of carbonyl (C=O) groups excluding carboxylic acids is 1. The molecule has 0 aliphatic carbocycles. The molecule has 3 nitrogen and oxygen atoms in total. The van der Waals surface area contributed by atoms with Crippen LogP contribution < -0.4 is 4.90 Å². The van der Waals surface area contributed by atoms with E-state index in [4.69, 9.17) is 4.74 Å². The molecule has 0 unspecified atom stereocenters. The van der Waals surface area contributed by atoms with E-state index in [2.05, 4.69) is 31.9 Å². The minimum atomic E-state index is 0.00579. The van der Waals surface area contributed by atoms with Crippen LogP contribution in [-0.2, 0) is 9.53 Å². The predicted octanol–water partition coefficient (Wildman–Crippen LogP) is 2.57. The lowest BCUT2D eigenvalue weighted by molar-refractivity contribution is -0.125. The third-order valence-corrected chi connectivity index (χ3v) is 3.06. The molecule has 5 heteroatoms. The van der Waals surface area contributed by atoms with Crippen molar-refractivity contribution in [3.05, 3.63) is 27.1 Å². The van der Waals surface area contributed by atoms with Gasteiger partial charge >= 0.3 is 0 Å². The van der Waals surface area contributed by atoms with Crippen molar-refractivity contribution in [1.29, 1.82) is 0 Å². The first-order valence-electron chi connectivity index (χ1n) is 4.51. The van der Waals surface area contributed by atoms with Crippen LogP contribution in [0.4, 0.5) is 5.69 Å². The van der Waals surface area contributed by atoms with Gasteiger partial charge in [0.15, 0.2) is 0 Å². The van der Waals surface area contributed by atoms with E-state index >= 15 is 0 Å². The Morgan fingerprint density at radius 3 is 2.47 bits per heavy atom. The van der Waals surface area contributed by atoms with Crippen LogP contribution in [0.5, 0.6) is 0 Å². The molecule has 1 heterocycles. The van der Waals surface area contributed by atoms with Crippen molar-refractivity contribution >= 4 is 43.5 Å². The molecule has 0 aromatic heterocycles. The molecule has 2 rings (SSSR count). The Labute approximate surface area is 105 Å². The van der Waals surface area contributed by atoms with Gasteiger partial charge in [-0.25, -0.2) is 0 Å². The number of amides is 1. The van der Waals surface area contributed by atoms with E-state index < -0.39 is 0 Å². The summed E-state index contributed by atoms with van der Waals surface area (Å²) in [5, 5.41) is 0. The number of halogens is 2. The topological polar surface area (TPSA) is 29.5 Å². The zero-order valence-corrected chi connectivity index (χ0v) is 11.0. The first kappa shape index (κ1) is 11.1. The minimum Gasteiger partial charge on any atom is -0.370 e. The van der Waals surface area contributed by atoms with Crippen LogP contribution >= 0.6 is 31.9 Å². The van der Waals surface area contributed by atoms with Gasteiger partial charge < -0.3 is 9.64 Å². The van der Waals surface area contributed by atoms with Gasteiger partial charge in [0.1, 0.15) is 6.61 Å². The molecule has 0 N–H and O–H groups in total. The molecule has 1 fully saturated rings. The van der Waals surface area contributed by atoms with Crippen LogP contribution in [0.2, 0.25) is 0 Å². The predicted molar refractivity (Wildman–Crippen MR) is 65.0 cm³/mol. The van der Waals surface area contributed by atoms with Gasteiger partial charge in [-0.3, -0.25) is 4.79 Å². The highest BCUT2D eigenvalue weighted by molar-refractivity contribution is 9.11. The van der Waals surface area contributed by atoms with Crippen LogP contribution in [0, 0.1) is 0 Å². The average molecular weight is 335 g/mol. The van der Waals surface area contributed by atoms with Gasteiger partial charge in [0.05, 0.1) is 6.61 Å². The highest BCUT2D eigenvalue weighted by Gasteiger charge is 2.20. The summed E-state index contributed by atoms with van der Waals surface area (Å²) in [7, 11) is 0. The summed E-state index contributed by atoms with van der Waals surface area (Å²) in [5.41, 5.74) is 0.893. The lowest BCUT2D eigenvalue weighted by atomic mass is 10.2. The van der Waals surface area contributed by atoms with Crippen molar-refractivity contribution in [1.82, 2.24) is 0 Å². The van der Waals surface area contributed by atoms with Crippen molar-refractivity contribution in [2.45, 2.75) is 0 Å². The Morgan fingerprint density at radius 1 is 1.20 bits per heavy atom. The van der Waals surface area contributed by atoms with Crippen molar-refractivity contribution in [2.75, 3.05) is 24.7 Å². The van der Waals surface area contributed by atoms with Gasteiger partial charge in [0.2, 0.25) is 0 Å². The molecule has 0 atom stereocenters. The Bertz CT molecular complexity index is 375. The van der Waals surface area contributed by atoms with E-state index in [9.17, 15) is 4.79 Å². The van der Waals surface area contributed by atoms with E-state index in [1.165, 1.54) is 0 Å². The number of ether oxygens (including phenoxy) is 1. The third-order valence-electron chi connectivity index (χ3n) is 2.14. The fourth-order valence-electron chi connectivity index (χ4n) is 1.49. The molecule has 1 amide bonds. The maximum Gasteiger partial charge on any atom is 0.253 e. The maximum absolute atomic E-state index is 11.6. The minimum absolute atomic E-state index is 0.00579. The monoisotopic (exact) mass is 333 g/mol. The Morgan fingerprint density at radius 2 is 1.87 bits per heavy atom. The highest BCUT2D eigenvalue weighted by Crippen LogP contribution is 2.26. The van der Waals surface area contributed by atoms with Crippen LogP contribution in [0.15, 0.2) is 27.1 Å². The van der Waals surface area contributed by atoms with E-state index in [1.54, 1.807) is 4.90 Å². The SMILES string of the molecule is O=C1COCCN1c1cc(Br)cc(Br)c1. The molecule has 0 radical (unpaired) electrons. The number of hydrogen-bond acceptors (Lipinski definition) is 2. The number of benzene rings is 1. The fraction of sp³-hybridized carbons (Fsp3) is 0.300. The highest BCUT2D eigenvalue weighted by atomic mass is 79.9. The van der Waals surface area contributed by atoms with Gasteiger partial charge in [-0.05, 0) is 18.2 Å². The first-order valence-corrected chi connectivity index (χ1v) is 6.09. The third kappa shape index (κ3) is 2.59. The number of morpholine rings is 1. The number of anilines is 1. The normalized spacial score (nSPS) is 16.9. The molecule has 1 aliphatic rings. The second-order valence-electron chi connectivity index (χ2n) is 3.23. The van der Waals surface area contributed by atoms with Gasteiger partial charge in [-0.1, -0.05) is 31.9 Å². The molecule has 0 saturated carbocycles. The van der Waals surface area contributed by atoms with Crippen LogP contribution in [0.25, 0.3) is 0 Å². The second-order valence-corrected chi connectivity index (χ2v) is 5.06. The summed E-state index contributed by atoms with van der Waals surface area (Å²) in [5.74, 6) is 0.00579. The first-order chi connectivity index (χ1) is 7.16. The number of hydrogen-bond donors (Lipinski definition) is 0. The lowest BCUT2D eigenvalue weighted by Gasteiger charge is -2.27. The van der Waals surface area contributed by atoms with Crippen molar-refractivity contribution in [3.63, 3.8) is 0 Å². The summed E-state index contributed by atoms with van der Waals surface area (Å²) in [6, 6.07) is 5.79. The molecular weight excluding hydrogens is 326 g/mol. The number of rotatable bonds is 1. The zero-order chi connectivity index (χ0) is 10.8. The molecule has 80 valence electrons. The van der Waals surface area contributed by atoms with E-state index in [0.29, 0.717) is 13.2 Å². The molecule has 15 heavy (non-hydrogen) atoms. The van der Waals surface area contributed by atoms with Gasteiger partial charge in [0, 0.05) is 21.2 Å². The standard InChI is InChI=1S/C10H9Br2NO2/c11-7-3-8(12)5-9(4-7)13-1-2-15-6-10(13)14/h3-5H,1-2,6H2. The molecule has 1 aliphatic heterocycles. The Kier molecular flexibility index (Phi) is 3.43. The second kappa shape index (κ2) is 4.63. The van der Waals surface area contributed by atoms with Crippen LogP contribution in [0.3, 0.4) is 0 Å². The van der Waals surface area contributed by atoms with Crippen LogP contribution in [-0.4, -0.2) is 25.7 Å². The van der Waals surface area contributed by atoms with E-state index in [0.717, 1.165) is 14.6 Å². The molecule has 1 aromatic rings. The van der Waals surface area contributed by atoms with E-state index in [-0.39, 0.29) is 12.5 Å². The summed E-state index contributed by atoms with van der Waals surface area (Å²) < 4.78 is 6.98.